The Balaban J connectivity index is 2.56. The van der Waals surface area contributed by atoms with Gasteiger partial charge in [-0.15, -0.1) is 0 Å². The lowest BCUT2D eigenvalue weighted by molar-refractivity contribution is 0.357. The number of ether oxygens (including phenoxy) is 3. The molecule has 0 heterocycles. The molecule has 0 saturated heterocycles. The fourth-order valence-electron chi connectivity index (χ4n) is 3.52. The summed E-state index contributed by atoms with van der Waals surface area (Å²) in [4.78, 5) is 0. The molecule has 0 radical (unpaired) electrons. The van der Waals surface area contributed by atoms with E-state index in [9.17, 15) is 26.3 Å². The summed E-state index contributed by atoms with van der Waals surface area (Å²) in [6.45, 7) is -2.40. The van der Waals surface area contributed by atoms with E-state index in [1.54, 1.807) is 0 Å². The van der Waals surface area contributed by atoms with Crippen molar-refractivity contribution in [1.29, 1.82) is 0 Å². The van der Waals surface area contributed by atoms with Gasteiger partial charge in [0.1, 0.15) is 29.0 Å². The van der Waals surface area contributed by atoms with E-state index in [0.29, 0.717) is 6.07 Å². The minimum atomic E-state index is -2.40. The van der Waals surface area contributed by atoms with E-state index >= 15 is 8.78 Å². The van der Waals surface area contributed by atoms with E-state index in [1.165, 1.54) is 0 Å². The van der Waals surface area contributed by atoms with Gasteiger partial charge in [-0.05, 0) is 0 Å². The molecule has 0 spiro atoms. The van der Waals surface area contributed by atoms with Crippen LogP contribution in [0.3, 0.4) is 0 Å². The summed E-state index contributed by atoms with van der Waals surface area (Å²) in [6, 6.07) is 1.17. The number of benzene rings is 3. The molecule has 12 heteroatoms. The molecule has 0 aliphatic carbocycles. The number of halogens is 8. The second kappa shape index (κ2) is 9.20. The topological polar surface area (TPSA) is 27.7 Å². The summed E-state index contributed by atoms with van der Waals surface area (Å²) >= 11 is 0. The molecule has 0 fully saturated rings. The first-order valence-electron chi connectivity index (χ1n) is 9.02. The third-order valence-electron chi connectivity index (χ3n) is 4.88. The van der Waals surface area contributed by atoms with Crippen molar-refractivity contribution in [2.24, 2.45) is 0 Å². The van der Waals surface area contributed by atoms with Crippen LogP contribution in [0.2, 0.25) is 0 Å². The minimum absolute atomic E-state index is 0.148. The number of rotatable bonds is 6. The first kappa shape index (κ1) is 24.2. The highest BCUT2D eigenvalue weighted by Gasteiger charge is 2.40. The Bertz CT molecular complexity index is 1170. The monoisotopic (exact) mass is 476 g/mol. The van der Waals surface area contributed by atoms with Crippen LogP contribution in [0.4, 0.5) is 35.1 Å². The average Bonchev–Trinajstić information content (AvgIpc) is 2.72. The van der Waals surface area contributed by atoms with Gasteiger partial charge in [-0.2, -0.15) is 0 Å². The van der Waals surface area contributed by atoms with Gasteiger partial charge < -0.3 is 14.2 Å². The maximum Gasteiger partial charge on any atom is 0.265 e. The summed E-state index contributed by atoms with van der Waals surface area (Å²) in [7, 11) is 2.60. The fourth-order valence-corrected chi connectivity index (χ4v) is 3.52. The predicted molar refractivity (Wildman–Crippen MR) is 103 cm³/mol. The van der Waals surface area contributed by atoms with Crippen molar-refractivity contribution < 1.29 is 49.3 Å². The third-order valence-corrected chi connectivity index (χ3v) is 4.88. The highest BCUT2D eigenvalue weighted by Crippen LogP contribution is 2.26. The number of hydrogen-bond donors (Lipinski definition) is 0. The third kappa shape index (κ3) is 4.05. The quantitative estimate of drug-likeness (QED) is 0.404. The number of hydrogen-bond acceptors (Lipinski definition) is 3. The van der Waals surface area contributed by atoms with Gasteiger partial charge in [0, 0.05) is 40.7 Å². The Kier molecular flexibility index (Phi) is 6.75. The molecular weight excluding hydrogens is 463 g/mol. The molecule has 0 amide bonds. The van der Waals surface area contributed by atoms with E-state index < -0.39 is 86.9 Å². The highest BCUT2D eigenvalue weighted by atomic mass is 19.2. The Morgan fingerprint density at radius 3 is 1.33 bits per heavy atom. The van der Waals surface area contributed by atoms with Crippen LogP contribution in [-0.4, -0.2) is 28.0 Å². The summed E-state index contributed by atoms with van der Waals surface area (Å²) in [5.74, 6) is -15.6. The minimum Gasteiger partial charge on any atom is -0.497 e. The Hall–Kier alpha value is -3.44. The number of methoxy groups -OCH3 is 3. The van der Waals surface area contributed by atoms with Crippen LogP contribution in [0.1, 0.15) is 0 Å². The first-order chi connectivity index (χ1) is 15.6. The molecule has 3 aromatic rings. The van der Waals surface area contributed by atoms with Gasteiger partial charge in [0.25, 0.3) is 6.71 Å². The van der Waals surface area contributed by atoms with E-state index in [-0.39, 0.29) is 18.2 Å². The van der Waals surface area contributed by atoms with Crippen LogP contribution < -0.4 is 30.6 Å². The lowest BCUT2D eigenvalue weighted by Gasteiger charge is -2.22. The summed E-state index contributed by atoms with van der Waals surface area (Å²) in [5.41, 5.74) is -3.47. The molecule has 33 heavy (non-hydrogen) atoms. The molecule has 0 atom stereocenters. The van der Waals surface area contributed by atoms with Gasteiger partial charge in [0.2, 0.25) is 0 Å². The summed E-state index contributed by atoms with van der Waals surface area (Å²) in [5, 5.41) is 0. The van der Waals surface area contributed by atoms with E-state index in [0.717, 1.165) is 21.3 Å². The SMILES string of the molecule is COc1cc(F)cc(F)c1B(c1c(F)cc(F)c(OC)c1F)c1c(F)cc(F)c(OC)c1F. The van der Waals surface area contributed by atoms with Gasteiger partial charge in [-0.1, -0.05) is 0 Å². The highest BCUT2D eigenvalue weighted by molar-refractivity contribution is 6.96. The Labute approximate surface area is 182 Å². The largest absolute Gasteiger partial charge is 0.497 e. The molecular formula is C21H13BF8O3. The molecule has 3 aromatic carbocycles. The molecule has 0 aromatic heterocycles. The van der Waals surface area contributed by atoms with Gasteiger partial charge in [-0.3, -0.25) is 0 Å². The van der Waals surface area contributed by atoms with Gasteiger partial charge >= 0.3 is 0 Å². The smallest absolute Gasteiger partial charge is 0.265 e. The molecule has 3 rings (SSSR count). The van der Waals surface area contributed by atoms with Crippen molar-refractivity contribution in [1.82, 2.24) is 0 Å². The van der Waals surface area contributed by atoms with Crippen LogP contribution in [0.25, 0.3) is 0 Å². The molecule has 174 valence electrons. The standard InChI is InChI=1S/C21H13BF8O3/c1-31-14-5-8(23)4-9(24)15(14)22(16-10(25)6-12(27)20(32-2)18(16)29)17-11(26)7-13(28)21(33-3)19(17)30/h4-7H,1-3H3. The molecule has 0 saturated carbocycles. The lowest BCUT2D eigenvalue weighted by atomic mass is 9.36. The normalized spacial score (nSPS) is 10.9. The van der Waals surface area contributed by atoms with Crippen molar-refractivity contribution in [3.8, 4) is 17.2 Å². The van der Waals surface area contributed by atoms with E-state index in [2.05, 4.69) is 9.47 Å². The van der Waals surface area contributed by atoms with Crippen molar-refractivity contribution in [2.75, 3.05) is 21.3 Å². The van der Waals surface area contributed by atoms with Crippen molar-refractivity contribution in [3.63, 3.8) is 0 Å². The molecule has 0 unspecified atom stereocenters. The fraction of sp³-hybridized carbons (Fsp3) is 0.143. The zero-order valence-electron chi connectivity index (χ0n) is 17.1. The molecule has 0 aliphatic heterocycles. The van der Waals surface area contributed by atoms with Crippen LogP contribution in [0, 0.1) is 46.5 Å². The van der Waals surface area contributed by atoms with Gasteiger partial charge in [-0.25, -0.2) is 35.1 Å². The molecule has 3 nitrogen and oxygen atoms in total. The van der Waals surface area contributed by atoms with E-state index in [1.807, 2.05) is 0 Å². The van der Waals surface area contributed by atoms with Crippen LogP contribution in [0.5, 0.6) is 17.2 Å². The maximum absolute atomic E-state index is 15.2. The van der Waals surface area contributed by atoms with Gasteiger partial charge in [0.05, 0.1) is 21.3 Å². The lowest BCUT2D eigenvalue weighted by Crippen LogP contribution is -2.58. The summed E-state index contributed by atoms with van der Waals surface area (Å²) in [6.07, 6.45) is 0. The Morgan fingerprint density at radius 1 is 0.515 bits per heavy atom. The van der Waals surface area contributed by atoms with Gasteiger partial charge in [0.15, 0.2) is 34.8 Å². The van der Waals surface area contributed by atoms with Crippen molar-refractivity contribution >= 4 is 23.1 Å². The van der Waals surface area contributed by atoms with Crippen LogP contribution in [0.15, 0.2) is 24.3 Å². The van der Waals surface area contributed by atoms with E-state index in [4.69, 9.17) is 4.74 Å². The second-order valence-corrected chi connectivity index (χ2v) is 6.64. The first-order valence-corrected chi connectivity index (χ1v) is 9.02. The Morgan fingerprint density at radius 2 is 0.939 bits per heavy atom. The van der Waals surface area contributed by atoms with Crippen LogP contribution >= 0.6 is 0 Å². The zero-order valence-corrected chi connectivity index (χ0v) is 17.1. The average molecular weight is 476 g/mol. The molecule has 0 bridgehead atoms. The molecule has 0 aliphatic rings. The van der Waals surface area contributed by atoms with Crippen molar-refractivity contribution in [2.45, 2.75) is 0 Å². The van der Waals surface area contributed by atoms with Crippen molar-refractivity contribution in [3.05, 3.63) is 70.8 Å². The predicted octanol–water partition coefficient (Wildman–Crippen LogP) is 3.34. The van der Waals surface area contributed by atoms with Crippen LogP contribution in [-0.2, 0) is 0 Å². The summed E-state index contributed by atoms with van der Waals surface area (Å²) < 4.78 is 131. The second-order valence-electron chi connectivity index (χ2n) is 6.64. The zero-order chi connectivity index (χ0) is 24.6. The maximum atomic E-state index is 15.2. The molecule has 0 N–H and O–H groups in total.